The van der Waals surface area contributed by atoms with Crippen LogP contribution in [0.15, 0.2) is 84.0 Å². The van der Waals surface area contributed by atoms with Gasteiger partial charge in [-0.15, -0.1) is 10.2 Å². The number of para-hydroxylation sites is 1. The Hall–Kier alpha value is -3.31. The van der Waals surface area contributed by atoms with Crippen LogP contribution in [0.2, 0.25) is 0 Å². The van der Waals surface area contributed by atoms with E-state index in [9.17, 15) is 0 Å². The summed E-state index contributed by atoms with van der Waals surface area (Å²) < 4.78 is 2.18. The number of aromatic nitrogens is 4. The van der Waals surface area contributed by atoms with Crippen molar-refractivity contribution in [1.82, 2.24) is 19.7 Å². The smallest absolute Gasteiger partial charge is 0.196 e. The van der Waals surface area contributed by atoms with E-state index in [2.05, 4.69) is 101 Å². The molecular formula is C27H26N4S. The van der Waals surface area contributed by atoms with Crippen molar-refractivity contribution >= 4 is 22.7 Å². The fourth-order valence-electron chi connectivity index (χ4n) is 4.02. The molecule has 0 saturated heterocycles. The van der Waals surface area contributed by atoms with Crippen molar-refractivity contribution in [2.45, 2.75) is 31.8 Å². The Balaban J connectivity index is 1.76. The van der Waals surface area contributed by atoms with Gasteiger partial charge in [-0.25, -0.2) is 0 Å². The summed E-state index contributed by atoms with van der Waals surface area (Å²) in [7, 11) is 0. The summed E-state index contributed by atoms with van der Waals surface area (Å²) in [5.74, 6) is 1.86. The fourth-order valence-corrected chi connectivity index (χ4v) is 5.06. The Morgan fingerprint density at radius 2 is 1.66 bits per heavy atom. The summed E-state index contributed by atoms with van der Waals surface area (Å²) >= 11 is 1.77. The molecule has 0 aliphatic carbocycles. The molecule has 2 aromatic heterocycles. The van der Waals surface area contributed by atoms with Gasteiger partial charge in [-0.2, -0.15) is 0 Å². The van der Waals surface area contributed by atoms with Gasteiger partial charge in [0.2, 0.25) is 0 Å². The number of nitrogens with one attached hydrogen (secondary N) is 1. The molecule has 0 atom stereocenters. The molecule has 5 aromatic rings. The average Bonchev–Trinajstić information content (AvgIpc) is 3.41. The molecule has 0 aliphatic heterocycles. The molecular weight excluding hydrogens is 412 g/mol. The minimum atomic E-state index is 0.836. The molecule has 0 amide bonds. The molecule has 0 saturated carbocycles. The van der Waals surface area contributed by atoms with Crippen LogP contribution in [0.25, 0.3) is 39.2 Å². The zero-order valence-corrected chi connectivity index (χ0v) is 19.2. The molecule has 4 nitrogen and oxygen atoms in total. The van der Waals surface area contributed by atoms with Gasteiger partial charge in [-0.1, -0.05) is 85.3 Å². The lowest BCUT2D eigenvalue weighted by Gasteiger charge is -2.11. The monoisotopic (exact) mass is 438 g/mol. The molecule has 2 heterocycles. The maximum atomic E-state index is 4.71. The van der Waals surface area contributed by atoms with Gasteiger partial charge in [0, 0.05) is 27.9 Å². The highest BCUT2D eigenvalue weighted by Gasteiger charge is 2.22. The van der Waals surface area contributed by atoms with Crippen molar-refractivity contribution in [1.29, 1.82) is 0 Å². The number of fused-ring (bicyclic) bond motifs is 1. The van der Waals surface area contributed by atoms with Crippen LogP contribution in [-0.4, -0.2) is 25.5 Å². The molecule has 32 heavy (non-hydrogen) atoms. The lowest BCUT2D eigenvalue weighted by Crippen LogP contribution is -2.00. The number of nitrogens with zero attached hydrogens (tertiary/aromatic N) is 3. The van der Waals surface area contributed by atoms with Crippen LogP contribution in [-0.2, 0) is 0 Å². The normalized spacial score (nSPS) is 11.3. The highest BCUT2D eigenvalue weighted by Crippen LogP contribution is 2.39. The second kappa shape index (κ2) is 9.05. The Bertz CT molecular complexity index is 1340. The van der Waals surface area contributed by atoms with Crippen molar-refractivity contribution < 1.29 is 0 Å². The molecule has 0 spiro atoms. The first-order valence-electron chi connectivity index (χ1n) is 11.1. The number of thioether (sulfide) groups is 1. The Kier molecular flexibility index (Phi) is 5.82. The molecule has 0 unspecified atom stereocenters. The zero-order chi connectivity index (χ0) is 21.9. The number of aromatic amines is 1. The van der Waals surface area contributed by atoms with E-state index >= 15 is 0 Å². The van der Waals surface area contributed by atoms with E-state index in [-0.39, 0.29) is 0 Å². The topological polar surface area (TPSA) is 46.5 Å². The largest absolute Gasteiger partial charge is 0.351 e. The second-order valence-electron chi connectivity index (χ2n) is 7.97. The summed E-state index contributed by atoms with van der Waals surface area (Å²) in [6.07, 6.45) is 2.32. The van der Waals surface area contributed by atoms with E-state index in [1.54, 1.807) is 11.8 Å². The fraction of sp³-hybridized carbons (Fsp3) is 0.185. The van der Waals surface area contributed by atoms with Crippen LogP contribution in [0, 0.1) is 6.92 Å². The zero-order valence-electron chi connectivity index (χ0n) is 18.4. The average molecular weight is 439 g/mol. The van der Waals surface area contributed by atoms with Crippen molar-refractivity contribution in [2.24, 2.45) is 0 Å². The van der Waals surface area contributed by atoms with Gasteiger partial charge < -0.3 is 4.98 Å². The molecule has 1 N–H and O–H groups in total. The first-order valence-corrected chi connectivity index (χ1v) is 12.1. The second-order valence-corrected chi connectivity index (χ2v) is 9.03. The van der Waals surface area contributed by atoms with Crippen LogP contribution in [0.4, 0.5) is 0 Å². The van der Waals surface area contributed by atoms with Crippen LogP contribution < -0.4 is 0 Å². The van der Waals surface area contributed by atoms with Gasteiger partial charge in [0.05, 0.1) is 5.69 Å². The van der Waals surface area contributed by atoms with Gasteiger partial charge in [-0.3, -0.25) is 4.57 Å². The minimum absolute atomic E-state index is 0.836. The summed E-state index contributed by atoms with van der Waals surface area (Å²) in [6, 6.07) is 27.5. The summed E-state index contributed by atoms with van der Waals surface area (Å²) in [5.41, 5.74) is 6.74. The first-order chi connectivity index (χ1) is 15.8. The van der Waals surface area contributed by atoms with E-state index in [0.717, 1.165) is 40.1 Å². The van der Waals surface area contributed by atoms with Crippen molar-refractivity contribution in [3.63, 3.8) is 0 Å². The standard InChI is InChI=1S/C27H26N4S/c1-3-4-17-32-27-30-29-26(31(27)21-13-9-6-10-14-21)25-24(20-11-7-5-8-12-20)22-18-19(2)15-16-23(22)28-25/h5-16,18,28H,3-4,17H2,1-2H3. The highest BCUT2D eigenvalue weighted by molar-refractivity contribution is 7.99. The number of benzene rings is 3. The highest BCUT2D eigenvalue weighted by atomic mass is 32.2. The van der Waals surface area contributed by atoms with Crippen LogP contribution in [0.1, 0.15) is 25.3 Å². The van der Waals surface area contributed by atoms with Crippen molar-refractivity contribution in [2.75, 3.05) is 5.75 Å². The number of H-pyrrole nitrogens is 1. The number of hydrogen-bond acceptors (Lipinski definition) is 3. The third-order valence-electron chi connectivity index (χ3n) is 5.62. The molecule has 0 bridgehead atoms. The van der Waals surface area contributed by atoms with Gasteiger partial charge >= 0.3 is 0 Å². The Morgan fingerprint density at radius 1 is 0.906 bits per heavy atom. The summed E-state index contributed by atoms with van der Waals surface area (Å²) in [6.45, 7) is 4.35. The van der Waals surface area contributed by atoms with Gasteiger partial charge in [-0.05, 0) is 43.2 Å². The molecule has 3 aromatic carbocycles. The van der Waals surface area contributed by atoms with Crippen LogP contribution in [0.5, 0.6) is 0 Å². The Morgan fingerprint density at radius 3 is 2.41 bits per heavy atom. The maximum Gasteiger partial charge on any atom is 0.196 e. The maximum absolute atomic E-state index is 4.71. The molecule has 5 heteroatoms. The van der Waals surface area contributed by atoms with Crippen LogP contribution >= 0.6 is 11.8 Å². The van der Waals surface area contributed by atoms with Gasteiger partial charge in [0.25, 0.3) is 0 Å². The number of aryl methyl sites for hydroxylation is 1. The molecule has 160 valence electrons. The Labute approximate surface area is 192 Å². The third-order valence-corrected chi connectivity index (χ3v) is 6.63. The van der Waals surface area contributed by atoms with Gasteiger partial charge in [0.1, 0.15) is 0 Å². The van der Waals surface area contributed by atoms with E-state index < -0.39 is 0 Å². The lowest BCUT2D eigenvalue weighted by atomic mass is 10.0. The van der Waals surface area contributed by atoms with Gasteiger partial charge in [0.15, 0.2) is 11.0 Å². The number of unbranched alkanes of at least 4 members (excludes halogenated alkanes) is 1. The first kappa shape index (κ1) is 20.6. The van der Waals surface area contributed by atoms with Crippen molar-refractivity contribution in [3.8, 4) is 28.3 Å². The SMILES string of the molecule is CCCCSc1nnc(-c2[nH]c3ccc(C)cc3c2-c2ccccc2)n1-c1ccccc1. The molecule has 5 rings (SSSR count). The summed E-state index contributed by atoms with van der Waals surface area (Å²) in [4.78, 5) is 3.66. The lowest BCUT2D eigenvalue weighted by molar-refractivity contribution is 0.865. The molecule has 0 fully saturated rings. The van der Waals surface area contributed by atoms with Crippen LogP contribution in [0.3, 0.4) is 0 Å². The number of hydrogen-bond donors (Lipinski definition) is 1. The van der Waals surface area contributed by atoms with E-state index in [1.807, 2.05) is 6.07 Å². The quantitative estimate of drug-likeness (QED) is 0.214. The van der Waals surface area contributed by atoms with E-state index in [4.69, 9.17) is 5.10 Å². The van der Waals surface area contributed by atoms with Crippen molar-refractivity contribution in [3.05, 3.63) is 84.4 Å². The van der Waals surface area contributed by atoms with E-state index in [1.165, 1.54) is 28.5 Å². The molecule has 0 aliphatic rings. The predicted molar refractivity (Wildman–Crippen MR) is 134 cm³/mol. The molecule has 0 radical (unpaired) electrons. The number of rotatable bonds is 7. The van der Waals surface area contributed by atoms with E-state index in [0.29, 0.717) is 0 Å². The minimum Gasteiger partial charge on any atom is -0.351 e. The predicted octanol–water partition coefficient (Wildman–Crippen LogP) is 7.28. The third kappa shape index (κ3) is 3.84. The summed E-state index contributed by atoms with van der Waals surface area (Å²) in [5, 5.41) is 11.5.